The summed E-state index contributed by atoms with van der Waals surface area (Å²) in [4.78, 5) is 15.6. The quantitative estimate of drug-likeness (QED) is 0.914. The van der Waals surface area contributed by atoms with Crippen molar-refractivity contribution in [1.82, 2.24) is 14.8 Å². The average molecular weight is 261 g/mol. The van der Waals surface area contributed by atoms with Gasteiger partial charge in [0.2, 0.25) is 11.7 Å². The first kappa shape index (κ1) is 12.0. The summed E-state index contributed by atoms with van der Waals surface area (Å²) in [5.41, 5.74) is 2.17. The second kappa shape index (κ2) is 4.22. The van der Waals surface area contributed by atoms with Crippen molar-refractivity contribution in [2.75, 3.05) is 0 Å². The van der Waals surface area contributed by atoms with E-state index in [0.29, 0.717) is 18.1 Å². The van der Waals surface area contributed by atoms with E-state index < -0.39 is 5.97 Å². The molecule has 0 unspecified atom stereocenters. The molecular formula is C13H15N3O3. The summed E-state index contributed by atoms with van der Waals surface area (Å²) in [6, 6.07) is 1.86. The molecule has 0 bridgehead atoms. The van der Waals surface area contributed by atoms with Crippen LogP contribution in [0.5, 0.6) is 0 Å². The van der Waals surface area contributed by atoms with E-state index in [1.54, 1.807) is 4.68 Å². The number of aromatic nitrogens is 3. The molecule has 3 rings (SSSR count). The molecule has 0 aliphatic heterocycles. The standard InChI is InChI=1S/C13H15N3O3/c1-3-16-9(6-7(2)15-16)12-14-10(8-4-5-8)11(19-12)13(17)18/h6,8H,3-5H2,1-2H3,(H,17,18). The maximum Gasteiger partial charge on any atom is 0.373 e. The lowest BCUT2D eigenvalue weighted by atomic mass is 10.2. The molecule has 0 saturated heterocycles. The van der Waals surface area contributed by atoms with Gasteiger partial charge in [-0.15, -0.1) is 0 Å². The highest BCUT2D eigenvalue weighted by atomic mass is 16.4. The van der Waals surface area contributed by atoms with E-state index in [0.717, 1.165) is 24.2 Å². The van der Waals surface area contributed by atoms with Crippen LogP contribution in [0.1, 0.15) is 47.6 Å². The molecule has 0 radical (unpaired) electrons. The Morgan fingerprint density at radius 3 is 2.89 bits per heavy atom. The molecule has 6 nitrogen and oxygen atoms in total. The smallest absolute Gasteiger partial charge is 0.373 e. The first-order valence-electron chi connectivity index (χ1n) is 6.39. The van der Waals surface area contributed by atoms with Crippen molar-refractivity contribution in [3.8, 4) is 11.6 Å². The van der Waals surface area contributed by atoms with Crippen LogP contribution in [0.2, 0.25) is 0 Å². The Hall–Kier alpha value is -2.11. The summed E-state index contributed by atoms with van der Waals surface area (Å²) in [6.45, 7) is 4.55. The highest BCUT2D eigenvalue weighted by molar-refractivity contribution is 5.86. The number of carbonyl (C=O) groups is 1. The van der Waals surface area contributed by atoms with Crippen LogP contribution in [0.3, 0.4) is 0 Å². The molecule has 0 atom stereocenters. The zero-order valence-corrected chi connectivity index (χ0v) is 10.9. The van der Waals surface area contributed by atoms with Crippen molar-refractivity contribution in [3.63, 3.8) is 0 Å². The molecule has 0 aromatic carbocycles. The molecule has 1 fully saturated rings. The van der Waals surface area contributed by atoms with Crippen molar-refractivity contribution in [2.45, 2.75) is 39.2 Å². The highest BCUT2D eigenvalue weighted by Gasteiger charge is 2.34. The van der Waals surface area contributed by atoms with E-state index in [1.165, 1.54) is 0 Å². The molecule has 2 aromatic heterocycles. The second-order valence-corrected chi connectivity index (χ2v) is 4.80. The van der Waals surface area contributed by atoms with Gasteiger partial charge in [-0.25, -0.2) is 9.78 Å². The van der Waals surface area contributed by atoms with E-state index in [-0.39, 0.29) is 11.7 Å². The lowest BCUT2D eigenvalue weighted by molar-refractivity contribution is 0.0661. The Morgan fingerprint density at radius 2 is 2.32 bits per heavy atom. The molecule has 2 heterocycles. The van der Waals surface area contributed by atoms with Crippen molar-refractivity contribution >= 4 is 5.97 Å². The van der Waals surface area contributed by atoms with Gasteiger partial charge in [0.1, 0.15) is 5.69 Å². The van der Waals surface area contributed by atoms with E-state index >= 15 is 0 Å². The van der Waals surface area contributed by atoms with Crippen LogP contribution < -0.4 is 0 Å². The van der Waals surface area contributed by atoms with Gasteiger partial charge >= 0.3 is 5.97 Å². The minimum absolute atomic E-state index is 0.0287. The summed E-state index contributed by atoms with van der Waals surface area (Å²) in [5, 5.41) is 13.5. The lowest BCUT2D eigenvalue weighted by Gasteiger charge is -1.98. The normalized spacial score (nSPS) is 14.8. The monoisotopic (exact) mass is 261 g/mol. The third-order valence-electron chi connectivity index (χ3n) is 3.23. The summed E-state index contributed by atoms with van der Waals surface area (Å²) in [6.07, 6.45) is 1.97. The Morgan fingerprint density at radius 1 is 1.58 bits per heavy atom. The van der Waals surface area contributed by atoms with Gasteiger partial charge in [-0.2, -0.15) is 5.10 Å². The van der Waals surface area contributed by atoms with Crippen molar-refractivity contribution < 1.29 is 14.3 Å². The largest absolute Gasteiger partial charge is 0.475 e. The van der Waals surface area contributed by atoms with Gasteiger partial charge in [0.15, 0.2) is 0 Å². The minimum atomic E-state index is -1.06. The second-order valence-electron chi connectivity index (χ2n) is 4.80. The van der Waals surface area contributed by atoms with E-state index in [2.05, 4.69) is 10.1 Å². The zero-order valence-electron chi connectivity index (χ0n) is 10.9. The average Bonchev–Trinajstić information content (AvgIpc) is 3.00. The molecular weight excluding hydrogens is 246 g/mol. The first-order valence-corrected chi connectivity index (χ1v) is 6.39. The molecule has 6 heteroatoms. The van der Waals surface area contributed by atoms with Gasteiger partial charge in [-0.1, -0.05) is 0 Å². The van der Waals surface area contributed by atoms with Crippen LogP contribution in [0.15, 0.2) is 10.5 Å². The van der Waals surface area contributed by atoms with Gasteiger partial charge in [-0.3, -0.25) is 4.68 Å². The molecule has 2 aromatic rings. The number of oxazole rings is 1. The minimum Gasteiger partial charge on any atom is -0.475 e. The summed E-state index contributed by atoms with van der Waals surface area (Å²) in [5.74, 6) is -0.497. The van der Waals surface area contributed by atoms with Crippen LogP contribution in [0.4, 0.5) is 0 Å². The van der Waals surface area contributed by atoms with Crippen LogP contribution in [0, 0.1) is 6.92 Å². The first-order chi connectivity index (χ1) is 9.10. The molecule has 19 heavy (non-hydrogen) atoms. The van der Waals surface area contributed by atoms with E-state index in [4.69, 9.17) is 4.42 Å². The number of nitrogens with zero attached hydrogens (tertiary/aromatic N) is 3. The molecule has 0 amide bonds. The Balaban J connectivity index is 2.09. The fraction of sp³-hybridized carbons (Fsp3) is 0.462. The van der Waals surface area contributed by atoms with E-state index in [9.17, 15) is 9.90 Å². The molecule has 100 valence electrons. The SMILES string of the molecule is CCn1nc(C)cc1-c1nc(C2CC2)c(C(=O)O)o1. The molecule has 0 spiro atoms. The van der Waals surface area contributed by atoms with Crippen LogP contribution >= 0.6 is 0 Å². The number of hydrogen-bond donors (Lipinski definition) is 1. The third kappa shape index (κ3) is 2.03. The summed E-state index contributed by atoms with van der Waals surface area (Å²) < 4.78 is 7.22. The van der Waals surface area contributed by atoms with Gasteiger partial charge in [0.25, 0.3) is 0 Å². The Kier molecular flexibility index (Phi) is 2.66. The fourth-order valence-electron chi connectivity index (χ4n) is 2.19. The number of carboxylic acids is 1. The predicted molar refractivity (Wildman–Crippen MR) is 67.1 cm³/mol. The number of aromatic carboxylic acids is 1. The Labute approximate surface area is 110 Å². The highest BCUT2D eigenvalue weighted by Crippen LogP contribution is 2.42. The summed E-state index contributed by atoms with van der Waals surface area (Å²) >= 11 is 0. The number of aryl methyl sites for hydroxylation is 2. The Bertz CT molecular complexity index is 638. The van der Waals surface area contributed by atoms with Gasteiger partial charge < -0.3 is 9.52 Å². The van der Waals surface area contributed by atoms with Crippen molar-refractivity contribution in [1.29, 1.82) is 0 Å². The molecule has 1 aliphatic carbocycles. The molecule has 1 N–H and O–H groups in total. The van der Waals surface area contributed by atoms with Crippen molar-refractivity contribution in [2.24, 2.45) is 0 Å². The van der Waals surface area contributed by atoms with Gasteiger partial charge in [0.05, 0.1) is 11.4 Å². The van der Waals surface area contributed by atoms with Crippen molar-refractivity contribution in [3.05, 3.63) is 23.2 Å². The zero-order chi connectivity index (χ0) is 13.6. The number of hydrogen-bond acceptors (Lipinski definition) is 4. The number of carboxylic acid groups (broad SMARTS) is 1. The maximum absolute atomic E-state index is 11.2. The molecule has 1 saturated carbocycles. The maximum atomic E-state index is 11.2. The summed E-state index contributed by atoms with van der Waals surface area (Å²) in [7, 11) is 0. The number of rotatable bonds is 4. The van der Waals surface area contributed by atoms with Gasteiger partial charge in [-0.05, 0) is 32.8 Å². The molecule has 1 aliphatic rings. The van der Waals surface area contributed by atoms with Crippen LogP contribution in [-0.2, 0) is 6.54 Å². The van der Waals surface area contributed by atoms with Gasteiger partial charge in [0, 0.05) is 12.5 Å². The third-order valence-corrected chi connectivity index (χ3v) is 3.23. The fourth-order valence-corrected chi connectivity index (χ4v) is 2.19. The van der Waals surface area contributed by atoms with E-state index in [1.807, 2.05) is 19.9 Å². The predicted octanol–water partition coefficient (Wildman–Crippen LogP) is 2.44. The topological polar surface area (TPSA) is 81.2 Å². The van der Waals surface area contributed by atoms with Crippen LogP contribution in [0.25, 0.3) is 11.6 Å². The van der Waals surface area contributed by atoms with Crippen LogP contribution in [-0.4, -0.2) is 25.8 Å². The lowest BCUT2D eigenvalue weighted by Crippen LogP contribution is -1.99.